The van der Waals surface area contributed by atoms with Gasteiger partial charge in [0.05, 0.1) is 0 Å². The van der Waals surface area contributed by atoms with Crippen molar-refractivity contribution in [1.29, 1.82) is 0 Å². The van der Waals surface area contributed by atoms with E-state index < -0.39 is 5.60 Å². The second kappa shape index (κ2) is 6.44. The van der Waals surface area contributed by atoms with Gasteiger partial charge in [-0.25, -0.2) is 0 Å². The number of β-amino-alcohol motifs (C(OH)–C–C–N with tert-alkyl or cyclic N) is 1. The Kier molecular flexibility index (Phi) is 4.60. The molecule has 21 heavy (non-hydrogen) atoms. The van der Waals surface area contributed by atoms with Crippen molar-refractivity contribution >= 4 is 0 Å². The molecule has 118 valence electrons. The number of piperidine rings is 1. The molecule has 2 heterocycles. The maximum Gasteiger partial charge on any atom is 0.259 e. The molecule has 2 N–H and O–H groups in total. The molecule has 1 aliphatic carbocycles. The smallest absolute Gasteiger partial charge is 0.259 e. The Hall–Kier alpha value is -0.940. The molecule has 0 amide bonds. The molecule has 0 radical (unpaired) electrons. The fourth-order valence-corrected chi connectivity index (χ4v) is 3.78. The van der Waals surface area contributed by atoms with E-state index >= 15 is 0 Å². The molecule has 2 fully saturated rings. The highest BCUT2D eigenvalue weighted by molar-refractivity contribution is 5.05. The summed E-state index contributed by atoms with van der Waals surface area (Å²) in [5.74, 6) is 2.50. The molecule has 2 aliphatic rings. The Morgan fingerprint density at radius 1 is 1.33 bits per heavy atom. The van der Waals surface area contributed by atoms with Crippen LogP contribution in [0.25, 0.3) is 0 Å². The number of aromatic nitrogens is 2. The quantitative estimate of drug-likeness (QED) is 0.893. The van der Waals surface area contributed by atoms with Crippen LogP contribution in [0, 0.1) is 5.92 Å². The van der Waals surface area contributed by atoms with Gasteiger partial charge in [-0.05, 0) is 51.0 Å². The highest BCUT2D eigenvalue weighted by atomic mass is 16.5. The molecule has 1 aliphatic heterocycles. The lowest BCUT2D eigenvalue weighted by Gasteiger charge is -2.29. The van der Waals surface area contributed by atoms with Crippen LogP contribution in [0.4, 0.5) is 0 Å². The van der Waals surface area contributed by atoms with Crippen LogP contribution in [0.1, 0.15) is 75.9 Å². The van der Waals surface area contributed by atoms with E-state index in [0.717, 1.165) is 37.5 Å². The standard InChI is InChI=1S/C16H27N3O2/c1-2-4-12-5-7-13(8-6-12)14-18-15(21-19-14)16(20)9-3-10-17-11-16/h12-13,17,20H,2-11H2,1H3. The molecule has 1 aromatic rings. The molecule has 0 aromatic carbocycles. The van der Waals surface area contributed by atoms with Gasteiger partial charge in [-0.15, -0.1) is 0 Å². The van der Waals surface area contributed by atoms with Gasteiger partial charge >= 0.3 is 0 Å². The first-order chi connectivity index (χ1) is 10.2. The lowest BCUT2D eigenvalue weighted by atomic mass is 9.80. The first kappa shape index (κ1) is 15.0. The van der Waals surface area contributed by atoms with Crippen LogP contribution < -0.4 is 5.32 Å². The highest BCUT2D eigenvalue weighted by Crippen LogP contribution is 2.37. The summed E-state index contributed by atoms with van der Waals surface area (Å²) in [6.07, 6.45) is 9.11. The summed E-state index contributed by atoms with van der Waals surface area (Å²) >= 11 is 0. The molecule has 1 atom stereocenters. The van der Waals surface area contributed by atoms with Gasteiger partial charge in [-0.1, -0.05) is 24.9 Å². The summed E-state index contributed by atoms with van der Waals surface area (Å²) in [4.78, 5) is 4.53. The van der Waals surface area contributed by atoms with E-state index in [-0.39, 0.29) is 0 Å². The van der Waals surface area contributed by atoms with Gasteiger partial charge in [0.25, 0.3) is 5.89 Å². The van der Waals surface area contributed by atoms with Gasteiger partial charge in [0.2, 0.25) is 0 Å². The van der Waals surface area contributed by atoms with Gasteiger partial charge in [0.15, 0.2) is 11.4 Å². The first-order valence-electron chi connectivity index (χ1n) is 8.48. The van der Waals surface area contributed by atoms with Crippen molar-refractivity contribution in [3.63, 3.8) is 0 Å². The van der Waals surface area contributed by atoms with Crippen molar-refractivity contribution in [2.75, 3.05) is 13.1 Å². The third-order valence-corrected chi connectivity index (χ3v) is 5.11. The molecule has 5 nitrogen and oxygen atoms in total. The van der Waals surface area contributed by atoms with Crippen LogP contribution in [0.2, 0.25) is 0 Å². The Morgan fingerprint density at radius 2 is 2.14 bits per heavy atom. The normalized spacial score (nSPS) is 34.0. The molecule has 0 bridgehead atoms. The topological polar surface area (TPSA) is 71.2 Å². The molecular formula is C16H27N3O2. The van der Waals surface area contributed by atoms with Crippen LogP contribution in [-0.4, -0.2) is 28.3 Å². The zero-order valence-corrected chi connectivity index (χ0v) is 13.0. The van der Waals surface area contributed by atoms with E-state index in [2.05, 4.69) is 22.4 Å². The maximum absolute atomic E-state index is 10.6. The van der Waals surface area contributed by atoms with E-state index in [0.29, 0.717) is 24.8 Å². The van der Waals surface area contributed by atoms with Crippen LogP contribution in [0.15, 0.2) is 4.52 Å². The minimum absolute atomic E-state index is 0.403. The van der Waals surface area contributed by atoms with Crippen molar-refractivity contribution in [1.82, 2.24) is 15.5 Å². The number of hydrogen-bond acceptors (Lipinski definition) is 5. The molecule has 0 spiro atoms. The molecule has 1 saturated carbocycles. The number of nitrogens with one attached hydrogen (secondary N) is 1. The SMILES string of the molecule is CCCC1CCC(c2noc(C3(O)CCCNC3)n2)CC1. The van der Waals surface area contributed by atoms with Crippen molar-refractivity contribution in [2.24, 2.45) is 5.92 Å². The van der Waals surface area contributed by atoms with E-state index in [1.54, 1.807) is 0 Å². The number of rotatable bonds is 4. The fraction of sp³-hybridized carbons (Fsp3) is 0.875. The molecule has 5 heteroatoms. The average molecular weight is 293 g/mol. The minimum atomic E-state index is -0.969. The van der Waals surface area contributed by atoms with Crippen molar-refractivity contribution in [3.05, 3.63) is 11.7 Å². The van der Waals surface area contributed by atoms with Crippen LogP contribution in [0.5, 0.6) is 0 Å². The van der Waals surface area contributed by atoms with Crippen molar-refractivity contribution in [2.45, 2.75) is 69.8 Å². The predicted octanol–water partition coefficient (Wildman–Crippen LogP) is 2.71. The Labute approximate surface area is 126 Å². The third-order valence-electron chi connectivity index (χ3n) is 5.11. The van der Waals surface area contributed by atoms with Gasteiger partial charge in [-0.3, -0.25) is 0 Å². The highest BCUT2D eigenvalue weighted by Gasteiger charge is 2.38. The molecule has 1 unspecified atom stereocenters. The summed E-state index contributed by atoms with van der Waals surface area (Å²) in [6, 6.07) is 0. The average Bonchev–Trinajstić information content (AvgIpc) is 3.00. The maximum atomic E-state index is 10.6. The summed E-state index contributed by atoms with van der Waals surface area (Å²) in [6.45, 7) is 3.72. The van der Waals surface area contributed by atoms with Gasteiger partial charge < -0.3 is 14.9 Å². The molecule has 1 saturated heterocycles. The largest absolute Gasteiger partial charge is 0.379 e. The number of aliphatic hydroxyl groups is 1. The lowest BCUT2D eigenvalue weighted by molar-refractivity contribution is -0.0167. The summed E-state index contributed by atoms with van der Waals surface area (Å²) < 4.78 is 5.38. The second-order valence-corrected chi connectivity index (χ2v) is 6.78. The Morgan fingerprint density at radius 3 is 2.81 bits per heavy atom. The van der Waals surface area contributed by atoms with Gasteiger partial charge in [0, 0.05) is 12.5 Å². The summed E-state index contributed by atoms with van der Waals surface area (Å²) in [5, 5.41) is 18.0. The Bertz CT molecular complexity index is 446. The van der Waals surface area contributed by atoms with Crippen LogP contribution >= 0.6 is 0 Å². The van der Waals surface area contributed by atoms with E-state index in [1.165, 1.54) is 25.7 Å². The fourth-order valence-electron chi connectivity index (χ4n) is 3.78. The lowest BCUT2D eigenvalue weighted by Crippen LogP contribution is -2.43. The molecule has 3 rings (SSSR count). The van der Waals surface area contributed by atoms with Gasteiger partial charge in [-0.2, -0.15) is 4.98 Å². The summed E-state index contributed by atoms with van der Waals surface area (Å²) in [7, 11) is 0. The first-order valence-corrected chi connectivity index (χ1v) is 8.48. The van der Waals surface area contributed by atoms with Crippen LogP contribution in [0.3, 0.4) is 0 Å². The zero-order chi connectivity index (χ0) is 14.7. The summed E-state index contributed by atoms with van der Waals surface area (Å²) in [5.41, 5.74) is -0.969. The van der Waals surface area contributed by atoms with E-state index in [4.69, 9.17) is 4.52 Å². The monoisotopic (exact) mass is 293 g/mol. The van der Waals surface area contributed by atoms with E-state index in [1.807, 2.05) is 0 Å². The molecular weight excluding hydrogens is 266 g/mol. The van der Waals surface area contributed by atoms with Crippen LogP contribution in [-0.2, 0) is 5.60 Å². The molecule has 1 aromatic heterocycles. The second-order valence-electron chi connectivity index (χ2n) is 6.78. The number of nitrogens with zero attached hydrogens (tertiary/aromatic N) is 2. The predicted molar refractivity (Wildman–Crippen MR) is 79.9 cm³/mol. The van der Waals surface area contributed by atoms with E-state index in [9.17, 15) is 5.11 Å². The number of hydrogen-bond donors (Lipinski definition) is 2. The zero-order valence-electron chi connectivity index (χ0n) is 13.0. The Balaban J connectivity index is 1.63. The van der Waals surface area contributed by atoms with Gasteiger partial charge in [0.1, 0.15) is 0 Å². The minimum Gasteiger partial charge on any atom is -0.379 e. The van der Waals surface area contributed by atoms with Crippen molar-refractivity contribution < 1.29 is 9.63 Å². The third kappa shape index (κ3) is 3.29. The van der Waals surface area contributed by atoms with Crippen molar-refractivity contribution in [3.8, 4) is 0 Å².